The van der Waals surface area contributed by atoms with Crippen molar-refractivity contribution in [2.45, 2.75) is 45.1 Å². The predicted molar refractivity (Wildman–Crippen MR) is 76.2 cm³/mol. The van der Waals surface area contributed by atoms with Crippen molar-refractivity contribution >= 4 is 5.91 Å². The Balaban J connectivity index is 2.08. The highest BCUT2D eigenvalue weighted by molar-refractivity contribution is 5.94. The van der Waals surface area contributed by atoms with E-state index < -0.39 is 0 Å². The second-order valence-corrected chi connectivity index (χ2v) is 5.21. The molecule has 0 atom stereocenters. The van der Waals surface area contributed by atoms with Crippen LogP contribution in [0.3, 0.4) is 0 Å². The minimum Gasteiger partial charge on any atom is -0.396 e. The van der Waals surface area contributed by atoms with E-state index in [9.17, 15) is 4.79 Å². The van der Waals surface area contributed by atoms with E-state index in [0.717, 1.165) is 24.8 Å². The number of carbonyl (C=O) groups is 1. The van der Waals surface area contributed by atoms with Gasteiger partial charge in [-0.1, -0.05) is 19.1 Å². The molecule has 3 nitrogen and oxygen atoms in total. The van der Waals surface area contributed by atoms with E-state index in [2.05, 4.69) is 6.92 Å². The molecule has 1 amide bonds. The summed E-state index contributed by atoms with van der Waals surface area (Å²) in [6.45, 7) is 2.92. The Labute approximate surface area is 115 Å². The Morgan fingerprint density at radius 1 is 1.32 bits per heavy atom. The molecule has 19 heavy (non-hydrogen) atoms. The molecular weight excluding hydrogens is 238 g/mol. The van der Waals surface area contributed by atoms with Gasteiger partial charge in [0.15, 0.2) is 0 Å². The minimum absolute atomic E-state index is 0.112. The molecule has 1 aromatic carbocycles. The summed E-state index contributed by atoms with van der Waals surface area (Å²) in [6.07, 6.45) is 5.07. The molecule has 0 spiro atoms. The van der Waals surface area contributed by atoms with E-state index >= 15 is 0 Å². The average Bonchev–Trinajstić information content (AvgIpc) is 2.40. The van der Waals surface area contributed by atoms with Crippen LogP contribution in [0.2, 0.25) is 0 Å². The standard InChI is InChI=1S/C16H23NO2/c1-2-13-7-9-14(10-8-13)16(19)17(11-4-12-18)15-5-3-6-15/h7-10,15,18H,2-6,11-12H2,1H3. The third-order valence-corrected chi connectivity index (χ3v) is 3.94. The summed E-state index contributed by atoms with van der Waals surface area (Å²) in [5, 5.41) is 8.97. The van der Waals surface area contributed by atoms with Crippen LogP contribution < -0.4 is 0 Å². The Kier molecular flexibility index (Phi) is 4.97. The number of nitrogens with zero attached hydrogens (tertiary/aromatic N) is 1. The van der Waals surface area contributed by atoms with Gasteiger partial charge < -0.3 is 10.0 Å². The van der Waals surface area contributed by atoms with Gasteiger partial charge in [0, 0.05) is 24.8 Å². The first-order valence-corrected chi connectivity index (χ1v) is 7.27. The van der Waals surface area contributed by atoms with Crippen molar-refractivity contribution in [1.82, 2.24) is 4.90 Å². The van der Waals surface area contributed by atoms with Crippen molar-refractivity contribution in [3.05, 3.63) is 35.4 Å². The molecule has 0 heterocycles. The van der Waals surface area contributed by atoms with Crippen molar-refractivity contribution in [2.24, 2.45) is 0 Å². The van der Waals surface area contributed by atoms with E-state index in [0.29, 0.717) is 19.0 Å². The molecule has 0 saturated heterocycles. The summed E-state index contributed by atoms with van der Waals surface area (Å²) in [5.41, 5.74) is 2.02. The molecule has 1 saturated carbocycles. The van der Waals surface area contributed by atoms with Crippen LogP contribution >= 0.6 is 0 Å². The number of carbonyl (C=O) groups excluding carboxylic acids is 1. The van der Waals surface area contributed by atoms with Gasteiger partial charge in [0.25, 0.3) is 5.91 Å². The molecule has 0 aliphatic heterocycles. The summed E-state index contributed by atoms with van der Waals surface area (Å²) < 4.78 is 0. The van der Waals surface area contributed by atoms with Crippen LogP contribution in [0.1, 0.15) is 48.5 Å². The second-order valence-electron chi connectivity index (χ2n) is 5.21. The number of aliphatic hydroxyl groups is 1. The zero-order valence-corrected chi connectivity index (χ0v) is 11.6. The molecule has 0 bridgehead atoms. The zero-order chi connectivity index (χ0) is 13.7. The second kappa shape index (κ2) is 6.71. The molecule has 1 N–H and O–H groups in total. The van der Waals surface area contributed by atoms with Gasteiger partial charge in [-0.05, 0) is 49.8 Å². The predicted octanol–water partition coefficient (Wildman–Crippen LogP) is 2.63. The fourth-order valence-electron chi connectivity index (χ4n) is 2.44. The quantitative estimate of drug-likeness (QED) is 0.855. The lowest BCUT2D eigenvalue weighted by molar-refractivity contribution is 0.0562. The number of amides is 1. The van der Waals surface area contributed by atoms with Crippen molar-refractivity contribution in [3.8, 4) is 0 Å². The lowest BCUT2D eigenvalue weighted by Crippen LogP contribution is -2.44. The van der Waals surface area contributed by atoms with Gasteiger partial charge >= 0.3 is 0 Å². The zero-order valence-electron chi connectivity index (χ0n) is 11.6. The average molecular weight is 261 g/mol. The first kappa shape index (κ1) is 14.1. The maximum absolute atomic E-state index is 12.5. The molecule has 1 aromatic rings. The molecule has 0 unspecified atom stereocenters. The van der Waals surface area contributed by atoms with Crippen molar-refractivity contribution < 1.29 is 9.90 Å². The molecule has 0 radical (unpaired) electrons. The van der Waals surface area contributed by atoms with Crippen molar-refractivity contribution in [1.29, 1.82) is 0 Å². The summed E-state index contributed by atoms with van der Waals surface area (Å²) in [7, 11) is 0. The number of aryl methyl sites for hydroxylation is 1. The van der Waals surface area contributed by atoms with Gasteiger partial charge in [0.05, 0.1) is 0 Å². The monoisotopic (exact) mass is 261 g/mol. The van der Waals surface area contributed by atoms with Crippen molar-refractivity contribution in [3.63, 3.8) is 0 Å². The Morgan fingerprint density at radius 2 is 2.00 bits per heavy atom. The first-order chi connectivity index (χ1) is 9.26. The molecule has 1 aliphatic carbocycles. The molecule has 1 fully saturated rings. The molecule has 3 heteroatoms. The Hall–Kier alpha value is -1.35. The Bertz CT molecular complexity index is 409. The van der Waals surface area contributed by atoms with E-state index in [1.54, 1.807) is 0 Å². The highest BCUT2D eigenvalue weighted by atomic mass is 16.3. The van der Waals surface area contributed by atoms with Gasteiger partial charge in [0.2, 0.25) is 0 Å². The number of hydrogen-bond donors (Lipinski definition) is 1. The van der Waals surface area contributed by atoms with Gasteiger partial charge in [-0.25, -0.2) is 0 Å². The van der Waals surface area contributed by atoms with Crippen LogP contribution in [0, 0.1) is 0 Å². The summed E-state index contributed by atoms with van der Waals surface area (Å²) >= 11 is 0. The summed E-state index contributed by atoms with van der Waals surface area (Å²) in [5.74, 6) is 0.112. The number of hydrogen-bond acceptors (Lipinski definition) is 2. The van der Waals surface area contributed by atoms with E-state index in [4.69, 9.17) is 5.11 Å². The maximum Gasteiger partial charge on any atom is 0.254 e. The van der Waals surface area contributed by atoms with Crippen LogP contribution in [-0.4, -0.2) is 35.1 Å². The van der Waals surface area contributed by atoms with Crippen LogP contribution in [0.25, 0.3) is 0 Å². The highest BCUT2D eigenvalue weighted by Gasteiger charge is 2.28. The fourth-order valence-corrected chi connectivity index (χ4v) is 2.44. The van der Waals surface area contributed by atoms with Crippen LogP contribution in [-0.2, 0) is 6.42 Å². The van der Waals surface area contributed by atoms with Gasteiger partial charge in [-0.2, -0.15) is 0 Å². The number of rotatable bonds is 6. The third-order valence-electron chi connectivity index (χ3n) is 3.94. The van der Waals surface area contributed by atoms with Crippen molar-refractivity contribution in [2.75, 3.05) is 13.2 Å². The lowest BCUT2D eigenvalue weighted by Gasteiger charge is -2.37. The number of benzene rings is 1. The van der Waals surface area contributed by atoms with Gasteiger partial charge in [0.1, 0.15) is 0 Å². The molecule has 1 aliphatic rings. The first-order valence-electron chi connectivity index (χ1n) is 7.27. The number of aliphatic hydroxyl groups excluding tert-OH is 1. The van der Waals surface area contributed by atoms with E-state index in [1.165, 1.54) is 12.0 Å². The van der Waals surface area contributed by atoms with Gasteiger partial charge in [-0.15, -0.1) is 0 Å². The highest BCUT2D eigenvalue weighted by Crippen LogP contribution is 2.26. The minimum atomic E-state index is 0.112. The topological polar surface area (TPSA) is 40.5 Å². The molecular formula is C16H23NO2. The van der Waals surface area contributed by atoms with E-state index in [1.807, 2.05) is 29.2 Å². The van der Waals surface area contributed by atoms with Crippen LogP contribution in [0.15, 0.2) is 24.3 Å². The van der Waals surface area contributed by atoms with Crippen LogP contribution in [0.5, 0.6) is 0 Å². The van der Waals surface area contributed by atoms with Crippen LogP contribution in [0.4, 0.5) is 0 Å². The molecule has 0 aromatic heterocycles. The van der Waals surface area contributed by atoms with E-state index in [-0.39, 0.29) is 12.5 Å². The summed E-state index contributed by atoms with van der Waals surface area (Å²) in [6, 6.07) is 8.28. The third kappa shape index (κ3) is 3.35. The lowest BCUT2D eigenvalue weighted by atomic mass is 9.90. The fraction of sp³-hybridized carbons (Fsp3) is 0.562. The smallest absolute Gasteiger partial charge is 0.254 e. The molecule has 2 rings (SSSR count). The molecule has 104 valence electrons. The Morgan fingerprint density at radius 3 is 2.47 bits per heavy atom. The SMILES string of the molecule is CCc1ccc(C(=O)N(CCCO)C2CCC2)cc1. The normalized spacial score (nSPS) is 15.1. The largest absolute Gasteiger partial charge is 0.396 e. The maximum atomic E-state index is 12.5. The van der Waals surface area contributed by atoms with Gasteiger partial charge in [-0.3, -0.25) is 4.79 Å². The summed E-state index contributed by atoms with van der Waals surface area (Å²) in [4.78, 5) is 14.5.